The number of aryl methyl sites for hydroxylation is 1. The zero-order valence-corrected chi connectivity index (χ0v) is 14.1. The summed E-state index contributed by atoms with van der Waals surface area (Å²) in [4.78, 5) is 6.21. The normalized spacial score (nSPS) is 27.2. The third kappa shape index (κ3) is 2.04. The number of fused-ring (bicyclic) bond motifs is 2. The number of aliphatic imine (C=N–C) groups is 1. The van der Waals surface area contributed by atoms with Crippen molar-refractivity contribution in [1.82, 2.24) is 14.7 Å². The lowest BCUT2D eigenvalue weighted by Crippen LogP contribution is -2.32. The molecule has 0 spiro atoms. The van der Waals surface area contributed by atoms with Gasteiger partial charge >= 0.3 is 0 Å². The zero-order valence-electron chi connectivity index (χ0n) is 14.1. The second-order valence-electron chi connectivity index (χ2n) is 6.66. The summed E-state index contributed by atoms with van der Waals surface area (Å²) in [5.74, 6) is 0.128. The topological polar surface area (TPSA) is 53.6 Å². The van der Waals surface area contributed by atoms with Gasteiger partial charge < -0.3 is 10.0 Å². The molecule has 0 radical (unpaired) electrons. The number of rotatable bonds is 2. The van der Waals surface area contributed by atoms with Gasteiger partial charge in [0.2, 0.25) is 0 Å². The van der Waals surface area contributed by atoms with Crippen molar-refractivity contribution in [3.05, 3.63) is 59.0 Å². The molecular formula is C19H22N4O. The Hall–Kier alpha value is -2.40. The second kappa shape index (κ2) is 5.60. The zero-order chi connectivity index (χ0) is 16.8. The van der Waals surface area contributed by atoms with Crippen molar-refractivity contribution < 1.29 is 5.11 Å². The van der Waals surface area contributed by atoms with Crippen LogP contribution in [0.1, 0.15) is 41.0 Å². The average molecular weight is 322 g/mol. The molecule has 1 aliphatic heterocycles. The van der Waals surface area contributed by atoms with E-state index in [1.165, 1.54) is 11.1 Å². The van der Waals surface area contributed by atoms with Crippen molar-refractivity contribution in [2.45, 2.75) is 25.0 Å². The van der Waals surface area contributed by atoms with Crippen molar-refractivity contribution in [3.8, 4) is 0 Å². The number of benzene rings is 1. The van der Waals surface area contributed by atoms with E-state index in [0.29, 0.717) is 0 Å². The molecule has 1 N–H and O–H groups in total. The molecule has 0 saturated carbocycles. The summed E-state index contributed by atoms with van der Waals surface area (Å²) in [5, 5.41) is 15.3. The van der Waals surface area contributed by atoms with Crippen LogP contribution in [0.4, 0.5) is 0 Å². The number of aliphatic hydroxyl groups is 1. The molecule has 0 fully saturated rings. The van der Waals surface area contributed by atoms with E-state index in [2.05, 4.69) is 47.0 Å². The van der Waals surface area contributed by atoms with Gasteiger partial charge in [-0.2, -0.15) is 5.10 Å². The molecule has 124 valence electrons. The highest BCUT2D eigenvalue weighted by molar-refractivity contribution is 5.72. The van der Waals surface area contributed by atoms with Gasteiger partial charge in [0.05, 0.1) is 30.2 Å². The first-order valence-corrected chi connectivity index (χ1v) is 8.30. The van der Waals surface area contributed by atoms with Crippen LogP contribution in [-0.4, -0.2) is 33.6 Å². The first-order chi connectivity index (χ1) is 11.6. The molecular weight excluding hydrogens is 300 g/mol. The van der Waals surface area contributed by atoms with Gasteiger partial charge in [0.1, 0.15) is 0 Å². The molecule has 5 nitrogen and oxygen atoms in total. The van der Waals surface area contributed by atoms with E-state index in [-0.39, 0.29) is 12.0 Å². The third-order valence-corrected chi connectivity index (χ3v) is 5.50. The first-order valence-electron chi connectivity index (χ1n) is 8.30. The van der Waals surface area contributed by atoms with E-state index in [1.54, 1.807) is 0 Å². The van der Waals surface area contributed by atoms with Crippen LogP contribution in [0, 0.1) is 5.92 Å². The third-order valence-electron chi connectivity index (χ3n) is 5.50. The largest absolute Gasteiger partial charge is 0.388 e. The summed E-state index contributed by atoms with van der Waals surface area (Å²) in [7, 11) is 4.02. The van der Waals surface area contributed by atoms with Gasteiger partial charge in [0.25, 0.3) is 0 Å². The molecule has 0 bridgehead atoms. The Labute approximate surface area is 141 Å². The summed E-state index contributed by atoms with van der Waals surface area (Å²) in [6, 6.07) is 8.52. The van der Waals surface area contributed by atoms with Gasteiger partial charge in [-0.3, -0.25) is 9.67 Å². The Morgan fingerprint density at radius 1 is 1.29 bits per heavy atom. The summed E-state index contributed by atoms with van der Waals surface area (Å²) in [6.45, 7) is 3.60. The Morgan fingerprint density at radius 2 is 2.08 bits per heavy atom. The maximum absolute atomic E-state index is 11.0. The number of aliphatic hydroxyl groups excluding tert-OH is 1. The maximum atomic E-state index is 11.0. The van der Waals surface area contributed by atoms with Crippen LogP contribution < -0.4 is 0 Å². The van der Waals surface area contributed by atoms with Crippen molar-refractivity contribution in [3.63, 3.8) is 0 Å². The fourth-order valence-corrected chi connectivity index (χ4v) is 4.36. The molecule has 2 heterocycles. The fraction of sp³-hybridized carbons (Fsp3) is 0.368. The molecule has 2 aromatic rings. The van der Waals surface area contributed by atoms with Crippen LogP contribution in [0.2, 0.25) is 0 Å². The summed E-state index contributed by atoms with van der Waals surface area (Å²) < 4.78 is 1.88. The molecule has 3 atom stereocenters. The number of hydrogen-bond donors (Lipinski definition) is 1. The summed E-state index contributed by atoms with van der Waals surface area (Å²) >= 11 is 0. The van der Waals surface area contributed by atoms with E-state index in [0.717, 1.165) is 29.8 Å². The lowest BCUT2D eigenvalue weighted by Gasteiger charge is -2.37. The Balaban J connectivity index is 1.77. The van der Waals surface area contributed by atoms with Crippen LogP contribution in [-0.2, 0) is 13.5 Å². The number of hydrogen-bond acceptors (Lipinski definition) is 4. The predicted molar refractivity (Wildman–Crippen MR) is 94.5 cm³/mol. The first kappa shape index (κ1) is 15.1. The Morgan fingerprint density at radius 3 is 2.88 bits per heavy atom. The molecule has 2 aliphatic rings. The quantitative estimate of drug-likeness (QED) is 0.865. The van der Waals surface area contributed by atoms with Gasteiger partial charge in [0.15, 0.2) is 0 Å². The van der Waals surface area contributed by atoms with E-state index < -0.39 is 6.10 Å². The highest BCUT2D eigenvalue weighted by atomic mass is 16.3. The molecule has 1 aromatic heterocycles. The minimum absolute atomic E-state index is 0.128. The highest BCUT2D eigenvalue weighted by Crippen LogP contribution is 2.50. The smallest absolute Gasteiger partial charge is 0.0874 e. The predicted octanol–water partition coefficient (Wildman–Crippen LogP) is 2.70. The SMILES string of the molecule is C=N/C=C1/c2ccccc2C(C2CCc3c(cnn3C)C2O)N1C. The van der Waals surface area contributed by atoms with E-state index in [1.807, 2.05) is 30.2 Å². The lowest BCUT2D eigenvalue weighted by atomic mass is 9.78. The standard InChI is InChI=1S/C19H22N4O/c1-20-11-17-12-6-4-5-7-13(12)18(22(17)2)14-8-9-16-15(19(14)24)10-21-23(16)3/h4-7,10-11,14,18-19,24H,1,8-9H2,2-3H3/b17-11-. The van der Waals surface area contributed by atoms with Crippen LogP contribution >= 0.6 is 0 Å². The van der Waals surface area contributed by atoms with Crippen molar-refractivity contribution in [2.75, 3.05) is 7.05 Å². The van der Waals surface area contributed by atoms with E-state index in [9.17, 15) is 5.11 Å². The molecule has 0 amide bonds. The van der Waals surface area contributed by atoms with Crippen LogP contribution in [0.25, 0.3) is 5.70 Å². The molecule has 24 heavy (non-hydrogen) atoms. The molecule has 1 aliphatic carbocycles. The summed E-state index contributed by atoms with van der Waals surface area (Å²) in [5.41, 5.74) is 5.62. The monoisotopic (exact) mass is 322 g/mol. The van der Waals surface area contributed by atoms with Crippen LogP contribution in [0.3, 0.4) is 0 Å². The molecule has 0 saturated heterocycles. The minimum Gasteiger partial charge on any atom is -0.388 e. The van der Waals surface area contributed by atoms with Crippen molar-refractivity contribution in [2.24, 2.45) is 18.0 Å². The van der Waals surface area contributed by atoms with Gasteiger partial charge in [-0.25, -0.2) is 0 Å². The van der Waals surface area contributed by atoms with Crippen molar-refractivity contribution >= 4 is 12.4 Å². The molecule has 3 unspecified atom stereocenters. The fourth-order valence-electron chi connectivity index (χ4n) is 4.36. The average Bonchev–Trinajstić information content (AvgIpc) is 3.09. The molecule has 4 rings (SSSR count). The maximum Gasteiger partial charge on any atom is 0.0874 e. The lowest BCUT2D eigenvalue weighted by molar-refractivity contribution is 0.0505. The van der Waals surface area contributed by atoms with Gasteiger partial charge in [-0.15, -0.1) is 0 Å². The highest BCUT2D eigenvalue weighted by Gasteiger charge is 2.42. The number of aromatic nitrogens is 2. The Bertz CT molecular complexity index is 823. The van der Waals surface area contributed by atoms with E-state index in [4.69, 9.17) is 0 Å². The van der Waals surface area contributed by atoms with Crippen molar-refractivity contribution in [1.29, 1.82) is 0 Å². The number of nitrogens with zero attached hydrogens (tertiary/aromatic N) is 4. The minimum atomic E-state index is -0.501. The van der Waals surface area contributed by atoms with Gasteiger partial charge in [-0.1, -0.05) is 24.3 Å². The Kier molecular flexibility index (Phi) is 3.53. The van der Waals surface area contributed by atoms with E-state index >= 15 is 0 Å². The molecule has 1 aromatic carbocycles. The van der Waals surface area contributed by atoms with Gasteiger partial charge in [-0.05, 0) is 25.1 Å². The van der Waals surface area contributed by atoms with Gasteiger partial charge in [0, 0.05) is 36.8 Å². The summed E-state index contributed by atoms with van der Waals surface area (Å²) in [6.07, 6.45) is 5.00. The second-order valence-corrected chi connectivity index (χ2v) is 6.66. The molecule has 5 heteroatoms. The van der Waals surface area contributed by atoms with Crippen LogP contribution in [0.5, 0.6) is 0 Å². The van der Waals surface area contributed by atoms with Crippen LogP contribution in [0.15, 0.2) is 41.7 Å².